The average molecular weight is 862 g/mol. The number of hydrogen-bond acceptors (Lipinski definition) is 0. The van der Waals surface area contributed by atoms with Gasteiger partial charge in [-0.3, -0.25) is 0 Å². The quantitative estimate of drug-likeness (QED) is 0.168. The molecule has 0 nitrogen and oxygen atoms in total. The van der Waals surface area contributed by atoms with E-state index in [1.807, 2.05) is 0 Å². The lowest BCUT2D eigenvalue weighted by Crippen LogP contribution is -2.77. The predicted molar refractivity (Wildman–Crippen MR) is 88.4 cm³/mol. The third-order valence-electron chi connectivity index (χ3n) is 6.56. The lowest BCUT2D eigenvalue weighted by atomic mass is 9.74. The first-order valence-electron chi connectivity index (χ1n) is 10.9. The van der Waals surface area contributed by atoms with Crippen LogP contribution < -0.4 is 0 Å². The topological polar surface area (TPSA) is 0 Å². The Morgan fingerprint density at radius 1 is 0.231 bits per heavy atom. The summed E-state index contributed by atoms with van der Waals surface area (Å²) in [5.41, 5.74) is -14.8. The van der Waals surface area contributed by atoms with E-state index in [0.29, 0.717) is 0 Å². The first-order valence-corrected chi connectivity index (χ1v) is 10.9. The smallest absolute Gasteiger partial charge is 0.194 e. The largest absolute Gasteiger partial charge is 0.460 e. The molecule has 310 valence electrons. The van der Waals surface area contributed by atoms with Gasteiger partial charge in [0.1, 0.15) is 0 Å². The highest BCUT2D eigenvalue weighted by Crippen LogP contribution is 2.72. The minimum Gasteiger partial charge on any atom is -0.194 e. The highest BCUT2D eigenvalue weighted by Gasteiger charge is 2.99. The van der Waals surface area contributed by atoms with Gasteiger partial charge in [-0.05, 0) is 0 Å². The molecule has 0 aromatic rings. The third kappa shape index (κ3) is 5.02. The van der Waals surface area contributed by atoms with Gasteiger partial charge in [0.05, 0.1) is 11.1 Å². The molecule has 0 aromatic carbocycles. The maximum Gasteiger partial charge on any atom is 0.460 e. The minimum atomic E-state index is -10.4. The Balaban J connectivity index is 4.85. The van der Waals surface area contributed by atoms with Crippen LogP contribution in [-0.4, -0.2) is 95.3 Å². The zero-order valence-electron chi connectivity index (χ0n) is 21.9. The number of hydrogen-bond donors (Lipinski definition) is 0. The van der Waals surface area contributed by atoms with Gasteiger partial charge in [-0.25, -0.2) is 0 Å². The summed E-state index contributed by atoms with van der Waals surface area (Å²) in [7, 11) is 0. The Labute approximate surface area is 257 Å². The van der Waals surface area contributed by atoms with Gasteiger partial charge >= 0.3 is 95.3 Å². The Kier molecular flexibility index (Phi) is 10.0. The molecule has 0 unspecified atom stereocenters. The van der Waals surface area contributed by atoms with Crippen LogP contribution in [0.25, 0.3) is 0 Å². The van der Waals surface area contributed by atoms with Crippen molar-refractivity contribution >= 4 is 0 Å². The second-order valence-electron chi connectivity index (χ2n) is 9.79. The van der Waals surface area contributed by atoms with E-state index < -0.39 is 106 Å². The van der Waals surface area contributed by atoms with Gasteiger partial charge in [0.15, 0.2) is 0 Å². The summed E-state index contributed by atoms with van der Waals surface area (Å²) in [5.74, 6) is -137. The summed E-state index contributed by atoms with van der Waals surface area (Å²) in [6, 6.07) is 0. The van der Waals surface area contributed by atoms with Crippen LogP contribution in [0.2, 0.25) is 0 Å². The van der Waals surface area contributed by atoms with Crippen molar-refractivity contribution in [2.45, 2.75) is 95.3 Å². The van der Waals surface area contributed by atoms with Crippen molar-refractivity contribution in [1.82, 2.24) is 0 Å². The lowest BCUT2D eigenvalue weighted by molar-refractivity contribution is -0.462. The predicted octanol–water partition coefficient (Wildman–Crippen LogP) is 11.3. The van der Waals surface area contributed by atoms with E-state index in [1.54, 1.807) is 0 Å². The van der Waals surface area contributed by atoms with Gasteiger partial charge in [-0.2, -0.15) is 149 Å². The fourth-order valence-electron chi connectivity index (χ4n) is 3.59. The molecule has 0 fully saturated rings. The van der Waals surface area contributed by atoms with Gasteiger partial charge in [0.25, 0.3) is 0 Å². The van der Waals surface area contributed by atoms with Crippen molar-refractivity contribution < 1.29 is 149 Å². The fourth-order valence-corrected chi connectivity index (χ4v) is 3.59. The maximum absolute atomic E-state index is 14.7. The first kappa shape index (κ1) is 47.4. The molecule has 0 amide bonds. The van der Waals surface area contributed by atoms with Gasteiger partial charge < -0.3 is 0 Å². The molecule has 52 heavy (non-hydrogen) atoms. The van der Waals surface area contributed by atoms with Crippen LogP contribution >= 0.6 is 0 Å². The maximum atomic E-state index is 14.7. The van der Waals surface area contributed by atoms with Crippen LogP contribution in [0.4, 0.5) is 149 Å². The minimum absolute atomic E-state index is 7.29. The van der Waals surface area contributed by atoms with Crippen LogP contribution in [0.15, 0.2) is 11.1 Å². The second-order valence-corrected chi connectivity index (χ2v) is 9.79. The molecule has 0 saturated carbocycles. The number of halogens is 34. The van der Waals surface area contributed by atoms with Gasteiger partial charge in [0.2, 0.25) is 0 Å². The molecule has 0 heterocycles. The second kappa shape index (κ2) is 11.0. The number of rotatable bonds is 8. The van der Waals surface area contributed by atoms with Crippen molar-refractivity contribution in [3.63, 3.8) is 0 Å². The van der Waals surface area contributed by atoms with Gasteiger partial charge in [0, 0.05) is 0 Å². The molecule has 1 rings (SSSR count). The highest BCUT2D eigenvalue weighted by molar-refractivity contribution is 5.46. The molecule has 0 aliphatic heterocycles. The van der Waals surface area contributed by atoms with E-state index in [4.69, 9.17) is 0 Å². The molecular formula is C18F34. The average Bonchev–Trinajstić information content (AvgIpc) is 2.87. The van der Waals surface area contributed by atoms with E-state index in [0.717, 1.165) is 0 Å². The van der Waals surface area contributed by atoms with Crippen molar-refractivity contribution in [3.05, 3.63) is 11.1 Å². The monoisotopic (exact) mass is 862 g/mol. The molecule has 0 N–H and O–H groups in total. The standard InChI is InChI=1S/C18F34/c19-3(20)1(2(6(25,26)17(47,48)49)5(23,24)9(31,32)11(35,36)10(33,34)7(3,27)28)4(21,22)8(29,30)12(37,38)13(39,40)14(41,42)15(43,44)16(45,46)18(50,51)52. The van der Waals surface area contributed by atoms with Crippen LogP contribution in [-0.2, 0) is 0 Å². The van der Waals surface area contributed by atoms with Crippen LogP contribution in [0.3, 0.4) is 0 Å². The van der Waals surface area contributed by atoms with Crippen LogP contribution in [0, 0.1) is 0 Å². The molecule has 0 atom stereocenters. The van der Waals surface area contributed by atoms with E-state index in [-0.39, 0.29) is 0 Å². The molecular weight excluding hydrogens is 862 g/mol. The molecule has 0 spiro atoms. The van der Waals surface area contributed by atoms with Crippen LogP contribution in [0.1, 0.15) is 0 Å². The fraction of sp³-hybridized carbons (Fsp3) is 0.889. The molecule has 1 aliphatic carbocycles. The Morgan fingerprint density at radius 3 is 0.673 bits per heavy atom. The normalized spacial score (nSPS) is 23.7. The Bertz CT molecular complexity index is 1410. The van der Waals surface area contributed by atoms with E-state index in [1.165, 1.54) is 0 Å². The molecule has 34 heteroatoms. The first-order chi connectivity index (χ1) is 21.7. The summed E-state index contributed by atoms with van der Waals surface area (Å²) in [6.07, 6.45) is -17.4. The zero-order chi connectivity index (χ0) is 43.2. The van der Waals surface area contributed by atoms with E-state index in [9.17, 15) is 149 Å². The lowest BCUT2D eigenvalue weighted by Gasteiger charge is -2.49. The third-order valence-corrected chi connectivity index (χ3v) is 6.56. The molecule has 0 bridgehead atoms. The van der Waals surface area contributed by atoms with Gasteiger partial charge in [-0.1, -0.05) is 0 Å². The van der Waals surface area contributed by atoms with Crippen molar-refractivity contribution in [3.8, 4) is 0 Å². The van der Waals surface area contributed by atoms with Crippen LogP contribution in [0.5, 0.6) is 0 Å². The van der Waals surface area contributed by atoms with Crippen molar-refractivity contribution in [2.75, 3.05) is 0 Å². The SMILES string of the molecule is FC(F)(F)C(F)(F)C1=C(C(F)(F)C(F)(F)C(F)(F)C(F)(F)C(F)(F)C(F)(F)C(F)(F)C(F)(F)F)C(F)(F)C(F)(F)C(F)(F)C(F)(F)C(F)(F)C1(F)F. The molecule has 0 aromatic heterocycles. The summed E-state index contributed by atoms with van der Waals surface area (Å²) < 4.78 is 464. The summed E-state index contributed by atoms with van der Waals surface area (Å²) in [4.78, 5) is 0. The molecule has 0 radical (unpaired) electrons. The zero-order valence-corrected chi connectivity index (χ0v) is 21.9. The molecule has 1 aliphatic rings. The Hall–Kier alpha value is -2.64. The van der Waals surface area contributed by atoms with Crippen molar-refractivity contribution in [1.29, 1.82) is 0 Å². The van der Waals surface area contributed by atoms with Gasteiger partial charge in [-0.15, -0.1) is 0 Å². The van der Waals surface area contributed by atoms with E-state index >= 15 is 0 Å². The summed E-state index contributed by atoms with van der Waals surface area (Å²) in [6.45, 7) is 0. The number of allylic oxidation sites excluding steroid dienone is 2. The summed E-state index contributed by atoms with van der Waals surface area (Å²) >= 11 is 0. The molecule has 0 saturated heterocycles. The summed E-state index contributed by atoms with van der Waals surface area (Å²) in [5, 5.41) is 0. The number of alkyl halides is 34. The Morgan fingerprint density at radius 2 is 0.442 bits per heavy atom. The van der Waals surface area contributed by atoms with E-state index in [2.05, 4.69) is 0 Å². The highest BCUT2D eigenvalue weighted by atomic mass is 19.4. The van der Waals surface area contributed by atoms with Crippen molar-refractivity contribution in [2.24, 2.45) is 0 Å².